The Morgan fingerprint density at radius 2 is 1.91 bits per heavy atom. The number of carbonyl (C=O) groups is 1. The van der Waals surface area contributed by atoms with Crippen LogP contribution in [-0.4, -0.2) is 35.6 Å². The van der Waals surface area contributed by atoms with Crippen LogP contribution in [-0.2, 0) is 4.74 Å². The van der Waals surface area contributed by atoms with E-state index in [4.69, 9.17) is 27.9 Å². The fourth-order valence-corrected chi connectivity index (χ4v) is 2.80. The summed E-state index contributed by atoms with van der Waals surface area (Å²) in [5, 5.41) is 0.711. The van der Waals surface area contributed by atoms with Crippen LogP contribution < -0.4 is 0 Å². The number of ether oxygens (including phenoxy) is 1. The van der Waals surface area contributed by atoms with Gasteiger partial charge in [0.05, 0.1) is 0 Å². The quantitative estimate of drug-likeness (QED) is 0.710. The molecule has 0 spiro atoms. The number of carbonyl (C=O) groups excluding carboxylic acids is 1. The van der Waals surface area contributed by atoms with E-state index in [-0.39, 0.29) is 6.09 Å². The maximum Gasteiger partial charge on any atom is 0.410 e. The van der Waals surface area contributed by atoms with Crippen molar-refractivity contribution >= 4 is 34.9 Å². The van der Waals surface area contributed by atoms with Crippen LogP contribution >= 0.6 is 23.2 Å². The van der Waals surface area contributed by atoms with E-state index in [1.54, 1.807) is 4.90 Å². The van der Waals surface area contributed by atoms with E-state index < -0.39 is 5.60 Å². The van der Waals surface area contributed by atoms with Crippen molar-refractivity contribution in [3.05, 3.63) is 40.4 Å². The Bertz CT molecular complexity index is 573. The molecule has 0 bridgehead atoms. The molecule has 120 valence electrons. The number of alkyl halides is 1. The van der Waals surface area contributed by atoms with Crippen molar-refractivity contribution in [2.24, 2.45) is 0 Å². The molecule has 3 nitrogen and oxygen atoms in total. The number of hydrogen-bond acceptors (Lipinski definition) is 2. The fraction of sp³-hybridized carbons (Fsp3) is 0.471. The van der Waals surface area contributed by atoms with Gasteiger partial charge in [-0.1, -0.05) is 23.7 Å². The lowest BCUT2D eigenvalue weighted by Crippen LogP contribution is -2.40. The summed E-state index contributed by atoms with van der Waals surface area (Å²) in [6.45, 7) is 6.74. The molecule has 1 aromatic carbocycles. The molecule has 0 radical (unpaired) electrons. The molecule has 0 aromatic heterocycles. The Morgan fingerprint density at radius 3 is 2.45 bits per heavy atom. The molecule has 0 aliphatic carbocycles. The molecule has 0 saturated heterocycles. The zero-order chi connectivity index (χ0) is 16.3. The Morgan fingerprint density at radius 1 is 1.27 bits per heavy atom. The number of amides is 1. The summed E-state index contributed by atoms with van der Waals surface area (Å²) in [5.74, 6) is 0.400. The minimum atomic E-state index is -0.488. The van der Waals surface area contributed by atoms with Gasteiger partial charge in [0.1, 0.15) is 5.60 Å². The molecule has 0 fully saturated rings. The van der Waals surface area contributed by atoms with Crippen molar-refractivity contribution in [1.29, 1.82) is 0 Å². The van der Waals surface area contributed by atoms with E-state index in [0.717, 1.165) is 17.6 Å². The van der Waals surface area contributed by atoms with Crippen molar-refractivity contribution in [1.82, 2.24) is 4.90 Å². The van der Waals surface area contributed by atoms with Crippen LogP contribution in [0.25, 0.3) is 5.57 Å². The summed E-state index contributed by atoms with van der Waals surface area (Å²) in [4.78, 5) is 13.9. The van der Waals surface area contributed by atoms with Crippen LogP contribution in [0.1, 0.15) is 32.8 Å². The number of nitrogens with zero attached hydrogens (tertiary/aromatic N) is 1. The second kappa shape index (κ2) is 6.93. The molecule has 2 rings (SSSR count). The third-order valence-corrected chi connectivity index (χ3v) is 4.02. The first-order chi connectivity index (χ1) is 10.3. The van der Waals surface area contributed by atoms with Gasteiger partial charge in [0, 0.05) is 24.0 Å². The van der Waals surface area contributed by atoms with Crippen molar-refractivity contribution in [2.75, 3.05) is 19.0 Å². The average molecular weight is 342 g/mol. The monoisotopic (exact) mass is 341 g/mol. The van der Waals surface area contributed by atoms with Gasteiger partial charge in [0.2, 0.25) is 0 Å². The molecule has 5 heteroatoms. The van der Waals surface area contributed by atoms with Crippen LogP contribution in [0.15, 0.2) is 29.8 Å². The molecule has 0 unspecified atom stereocenters. The molecule has 1 heterocycles. The van der Waals surface area contributed by atoms with Crippen LogP contribution in [0, 0.1) is 0 Å². The van der Waals surface area contributed by atoms with Crippen molar-refractivity contribution in [2.45, 2.75) is 32.8 Å². The van der Waals surface area contributed by atoms with E-state index in [1.807, 2.05) is 45.0 Å². The first-order valence-corrected chi connectivity index (χ1v) is 8.22. The standard InChI is InChI=1S/C17H21Cl2NO2/c1-17(2,3)22-16(21)20-9-8-15(13(10-18)11-20)12-4-6-14(19)7-5-12/h4-7H,8-11H2,1-3H3. The Kier molecular flexibility index (Phi) is 5.41. The second-order valence-corrected chi connectivity index (χ2v) is 7.08. The third-order valence-electron chi connectivity index (χ3n) is 3.45. The van der Waals surface area contributed by atoms with E-state index >= 15 is 0 Å². The molecule has 22 heavy (non-hydrogen) atoms. The first-order valence-electron chi connectivity index (χ1n) is 7.31. The Hall–Kier alpha value is -1.19. The predicted molar refractivity (Wildman–Crippen MR) is 91.5 cm³/mol. The highest BCUT2D eigenvalue weighted by molar-refractivity contribution is 6.30. The highest BCUT2D eigenvalue weighted by Gasteiger charge is 2.27. The summed E-state index contributed by atoms with van der Waals surface area (Å²) in [7, 11) is 0. The van der Waals surface area contributed by atoms with Gasteiger partial charge in [-0.05, 0) is 56.0 Å². The summed E-state index contributed by atoms with van der Waals surface area (Å²) >= 11 is 12.0. The first kappa shape index (κ1) is 17.2. The molecule has 0 atom stereocenters. The van der Waals surface area contributed by atoms with Gasteiger partial charge < -0.3 is 9.64 Å². The molecule has 0 saturated carbocycles. The molecule has 1 aliphatic heterocycles. The lowest BCUT2D eigenvalue weighted by Gasteiger charge is -2.32. The molecule has 0 N–H and O–H groups in total. The van der Waals surface area contributed by atoms with Crippen molar-refractivity contribution in [3.63, 3.8) is 0 Å². The van der Waals surface area contributed by atoms with Gasteiger partial charge in [-0.25, -0.2) is 4.79 Å². The summed E-state index contributed by atoms with van der Waals surface area (Å²) in [5.41, 5.74) is 2.88. The largest absolute Gasteiger partial charge is 0.444 e. The van der Waals surface area contributed by atoms with Gasteiger partial charge in [-0.3, -0.25) is 0 Å². The van der Waals surface area contributed by atoms with E-state index in [2.05, 4.69) is 0 Å². The van der Waals surface area contributed by atoms with Crippen LogP contribution in [0.4, 0.5) is 4.79 Å². The van der Waals surface area contributed by atoms with E-state index in [1.165, 1.54) is 5.57 Å². The molecule has 1 aromatic rings. The maximum atomic E-state index is 12.2. The summed E-state index contributed by atoms with van der Waals surface area (Å²) in [6.07, 6.45) is 0.480. The highest BCUT2D eigenvalue weighted by atomic mass is 35.5. The zero-order valence-electron chi connectivity index (χ0n) is 13.2. The molecular weight excluding hydrogens is 321 g/mol. The SMILES string of the molecule is CC(C)(C)OC(=O)N1CCC(c2ccc(Cl)cc2)=C(CCl)C1. The van der Waals surface area contributed by atoms with Crippen molar-refractivity contribution < 1.29 is 9.53 Å². The minimum Gasteiger partial charge on any atom is -0.444 e. The topological polar surface area (TPSA) is 29.5 Å². The zero-order valence-corrected chi connectivity index (χ0v) is 14.7. The lowest BCUT2D eigenvalue weighted by atomic mass is 9.94. The molecule has 1 amide bonds. The van der Waals surface area contributed by atoms with Gasteiger partial charge >= 0.3 is 6.09 Å². The van der Waals surface area contributed by atoms with Crippen LogP contribution in [0.3, 0.4) is 0 Å². The second-order valence-electron chi connectivity index (χ2n) is 6.37. The average Bonchev–Trinajstić information content (AvgIpc) is 2.45. The summed E-state index contributed by atoms with van der Waals surface area (Å²) in [6, 6.07) is 7.73. The van der Waals surface area contributed by atoms with E-state index in [9.17, 15) is 4.79 Å². The smallest absolute Gasteiger partial charge is 0.410 e. The van der Waals surface area contributed by atoms with Gasteiger partial charge in [0.15, 0.2) is 0 Å². The van der Waals surface area contributed by atoms with Crippen molar-refractivity contribution in [3.8, 4) is 0 Å². The predicted octanol–water partition coefficient (Wildman–Crippen LogP) is 4.97. The maximum absolute atomic E-state index is 12.2. The summed E-state index contributed by atoms with van der Waals surface area (Å²) < 4.78 is 5.43. The van der Waals surface area contributed by atoms with Crippen LogP contribution in [0.5, 0.6) is 0 Å². The molecular formula is C17H21Cl2NO2. The molecule has 1 aliphatic rings. The van der Waals surface area contributed by atoms with Crippen LogP contribution in [0.2, 0.25) is 5.02 Å². The number of halogens is 2. The Balaban J connectivity index is 2.17. The number of rotatable bonds is 2. The van der Waals surface area contributed by atoms with Gasteiger partial charge in [0.25, 0.3) is 0 Å². The third kappa shape index (κ3) is 4.40. The van der Waals surface area contributed by atoms with Gasteiger partial charge in [-0.15, -0.1) is 11.6 Å². The van der Waals surface area contributed by atoms with E-state index in [0.29, 0.717) is 24.0 Å². The Labute approximate surface area is 141 Å². The lowest BCUT2D eigenvalue weighted by molar-refractivity contribution is 0.0265. The fourth-order valence-electron chi connectivity index (χ4n) is 2.43. The highest BCUT2D eigenvalue weighted by Crippen LogP contribution is 2.29. The normalized spacial score (nSPS) is 16.0. The number of benzene rings is 1. The minimum absolute atomic E-state index is 0.287. The number of hydrogen-bond donors (Lipinski definition) is 0. The van der Waals surface area contributed by atoms with Gasteiger partial charge in [-0.2, -0.15) is 0 Å².